The molecule has 0 aliphatic carbocycles. The molecule has 8 aromatic carbocycles. The number of thiophene rings is 1. The van der Waals surface area contributed by atoms with E-state index in [1.807, 2.05) is 11.3 Å². The highest BCUT2D eigenvalue weighted by Gasteiger charge is 2.15. The van der Waals surface area contributed by atoms with E-state index in [9.17, 15) is 0 Å². The van der Waals surface area contributed by atoms with Crippen LogP contribution >= 0.6 is 11.3 Å². The van der Waals surface area contributed by atoms with Gasteiger partial charge in [0.05, 0.1) is 0 Å². The Labute approximate surface area is 272 Å². The van der Waals surface area contributed by atoms with Gasteiger partial charge in [-0.15, -0.1) is 11.3 Å². The van der Waals surface area contributed by atoms with E-state index in [4.69, 9.17) is 0 Å². The molecule has 9 aromatic rings. The van der Waals surface area contributed by atoms with Gasteiger partial charge in [0.1, 0.15) is 0 Å². The molecule has 0 spiro atoms. The third-order valence-corrected chi connectivity index (χ3v) is 10.2. The maximum atomic E-state index is 2.37. The molecule has 1 heterocycles. The van der Waals surface area contributed by atoms with Gasteiger partial charge in [-0.2, -0.15) is 0 Å². The van der Waals surface area contributed by atoms with Gasteiger partial charge in [-0.05, 0) is 104 Å². The van der Waals surface area contributed by atoms with Gasteiger partial charge in [0.2, 0.25) is 0 Å². The van der Waals surface area contributed by atoms with Crippen LogP contribution in [0.1, 0.15) is 0 Å². The first-order valence-electron chi connectivity index (χ1n) is 15.7. The normalized spacial score (nSPS) is 11.5. The van der Waals surface area contributed by atoms with Crippen molar-refractivity contribution in [3.63, 3.8) is 0 Å². The van der Waals surface area contributed by atoms with Crippen molar-refractivity contribution in [2.75, 3.05) is 4.90 Å². The highest BCUT2D eigenvalue weighted by Crippen LogP contribution is 2.41. The molecule has 0 fully saturated rings. The summed E-state index contributed by atoms with van der Waals surface area (Å²) in [4.78, 5) is 2.37. The summed E-state index contributed by atoms with van der Waals surface area (Å²) >= 11 is 1.87. The Morgan fingerprint density at radius 3 is 1.65 bits per heavy atom. The van der Waals surface area contributed by atoms with Crippen molar-refractivity contribution >= 4 is 70.1 Å². The van der Waals surface area contributed by atoms with E-state index in [0.29, 0.717) is 0 Å². The lowest BCUT2D eigenvalue weighted by molar-refractivity contribution is 1.29. The van der Waals surface area contributed by atoms with E-state index in [-0.39, 0.29) is 0 Å². The number of hydrogen-bond acceptors (Lipinski definition) is 2. The minimum atomic E-state index is 1.12. The van der Waals surface area contributed by atoms with E-state index in [1.165, 1.54) is 64.0 Å². The van der Waals surface area contributed by atoms with Crippen LogP contribution in [-0.2, 0) is 0 Å². The topological polar surface area (TPSA) is 3.24 Å². The lowest BCUT2D eigenvalue weighted by Gasteiger charge is -2.26. The third kappa shape index (κ3) is 4.72. The fourth-order valence-corrected chi connectivity index (χ4v) is 7.78. The Balaban J connectivity index is 1.16. The quantitative estimate of drug-likeness (QED) is 0.189. The zero-order valence-corrected chi connectivity index (χ0v) is 25.9. The number of benzene rings is 8. The molecule has 0 radical (unpaired) electrons. The molecule has 0 N–H and O–H groups in total. The van der Waals surface area contributed by atoms with Crippen LogP contribution in [0.5, 0.6) is 0 Å². The Hall–Kier alpha value is -5.70. The molecule has 0 aliphatic heterocycles. The summed E-state index contributed by atoms with van der Waals surface area (Å²) in [5.41, 5.74) is 8.25. The van der Waals surface area contributed by atoms with Crippen molar-refractivity contribution in [3.05, 3.63) is 176 Å². The molecule has 0 unspecified atom stereocenters. The average Bonchev–Trinajstić information content (AvgIpc) is 3.49. The molecule has 0 amide bonds. The van der Waals surface area contributed by atoms with E-state index >= 15 is 0 Å². The Bertz CT molecular complexity index is 2510. The van der Waals surface area contributed by atoms with E-state index in [0.717, 1.165) is 17.1 Å². The number of rotatable bonds is 5. The summed E-state index contributed by atoms with van der Waals surface area (Å²) in [6, 6.07) is 64.0. The molecule has 216 valence electrons. The van der Waals surface area contributed by atoms with Gasteiger partial charge in [0, 0.05) is 37.2 Å². The molecule has 1 nitrogen and oxygen atoms in total. The van der Waals surface area contributed by atoms with Gasteiger partial charge in [-0.25, -0.2) is 0 Å². The first-order valence-corrected chi connectivity index (χ1v) is 16.5. The summed E-state index contributed by atoms with van der Waals surface area (Å²) in [6.07, 6.45) is 0. The molecule has 1 aromatic heterocycles. The Morgan fingerprint density at radius 1 is 0.304 bits per heavy atom. The molecule has 0 atom stereocenters. The van der Waals surface area contributed by atoms with Crippen LogP contribution in [-0.4, -0.2) is 0 Å². The molecule has 0 saturated heterocycles. The first-order chi connectivity index (χ1) is 22.8. The summed E-state index contributed by atoms with van der Waals surface area (Å²) in [7, 11) is 0. The number of nitrogens with zero attached hydrogens (tertiary/aromatic N) is 1. The smallest absolute Gasteiger partial charge is 0.0468 e. The van der Waals surface area contributed by atoms with Crippen LogP contribution in [0.2, 0.25) is 0 Å². The summed E-state index contributed by atoms with van der Waals surface area (Å²) < 4.78 is 2.67. The molecule has 9 rings (SSSR count). The van der Waals surface area contributed by atoms with Crippen molar-refractivity contribution in [1.29, 1.82) is 0 Å². The first kappa shape index (κ1) is 26.7. The van der Waals surface area contributed by atoms with E-state index in [1.54, 1.807) is 0 Å². The number of anilines is 3. The SMILES string of the molecule is c1ccc(-c2ccc(N(c3ccc(-c4ccc5ccccc5c4)cc3)c3ccc4cc5sc6ccccc6c5cc4c3)cc2)cc1. The number of hydrogen-bond donors (Lipinski definition) is 0. The van der Waals surface area contributed by atoms with Crippen molar-refractivity contribution in [3.8, 4) is 22.3 Å². The molecule has 0 bridgehead atoms. The summed E-state index contributed by atoms with van der Waals surface area (Å²) in [5.74, 6) is 0. The third-order valence-electron chi connectivity index (χ3n) is 9.02. The second-order valence-electron chi connectivity index (χ2n) is 11.8. The minimum Gasteiger partial charge on any atom is -0.310 e. The fourth-order valence-electron chi connectivity index (χ4n) is 6.65. The number of fused-ring (bicyclic) bond motifs is 5. The maximum Gasteiger partial charge on any atom is 0.0468 e. The zero-order valence-electron chi connectivity index (χ0n) is 25.1. The van der Waals surface area contributed by atoms with E-state index in [2.05, 4.69) is 181 Å². The van der Waals surface area contributed by atoms with E-state index < -0.39 is 0 Å². The fraction of sp³-hybridized carbons (Fsp3) is 0. The second-order valence-corrected chi connectivity index (χ2v) is 12.9. The summed E-state index contributed by atoms with van der Waals surface area (Å²) in [6.45, 7) is 0. The Morgan fingerprint density at radius 2 is 0.870 bits per heavy atom. The predicted molar refractivity (Wildman–Crippen MR) is 200 cm³/mol. The van der Waals surface area contributed by atoms with Crippen LogP contribution < -0.4 is 4.90 Å². The van der Waals surface area contributed by atoms with Crippen molar-refractivity contribution in [2.45, 2.75) is 0 Å². The van der Waals surface area contributed by atoms with Crippen molar-refractivity contribution in [1.82, 2.24) is 0 Å². The monoisotopic (exact) mass is 603 g/mol. The van der Waals surface area contributed by atoms with Gasteiger partial charge >= 0.3 is 0 Å². The molecule has 0 aliphatic rings. The van der Waals surface area contributed by atoms with Crippen LogP contribution in [0.25, 0.3) is 64.0 Å². The highest BCUT2D eigenvalue weighted by atomic mass is 32.1. The van der Waals surface area contributed by atoms with Gasteiger partial charge in [-0.3, -0.25) is 0 Å². The standard InChI is InChI=1S/C44H29NS/c1-2-8-30(9-3-1)32-16-21-38(22-17-32)45(39-23-18-33(19-24-39)35-15-14-31-10-4-5-11-34(31)26-35)40-25-20-36-29-44-42(28-37(36)27-40)41-12-6-7-13-43(41)46-44/h1-29H. The largest absolute Gasteiger partial charge is 0.310 e. The van der Waals surface area contributed by atoms with Crippen LogP contribution in [0, 0.1) is 0 Å². The van der Waals surface area contributed by atoms with Gasteiger partial charge in [0.25, 0.3) is 0 Å². The highest BCUT2D eigenvalue weighted by molar-refractivity contribution is 7.25. The van der Waals surface area contributed by atoms with Crippen LogP contribution in [0.15, 0.2) is 176 Å². The second kappa shape index (κ2) is 11.0. The lowest BCUT2D eigenvalue weighted by Crippen LogP contribution is -2.09. The van der Waals surface area contributed by atoms with Gasteiger partial charge in [0.15, 0.2) is 0 Å². The van der Waals surface area contributed by atoms with Gasteiger partial charge in [-0.1, -0.05) is 115 Å². The maximum absolute atomic E-state index is 2.37. The van der Waals surface area contributed by atoms with Crippen molar-refractivity contribution in [2.24, 2.45) is 0 Å². The average molecular weight is 604 g/mol. The van der Waals surface area contributed by atoms with Crippen molar-refractivity contribution < 1.29 is 0 Å². The molecular formula is C44H29NS. The zero-order chi connectivity index (χ0) is 30.5. The molecule has 46 heavy (non-hydrogen) atoms. The lowest BCUT2D eigenvalue weighted by atomic mass is 10.0. The summed E-state index contributed by atoms with van der Waals surface area (Å²) in [5, 5.41) is 7.67. The molecular weight excluding hydrogens is 575 g/mol. The van der Waals surface area contributed by atoms with Gasteiger partial charge < -0.3 is 4.90 Å². The van der Waals surface area contributed by atoms with Crippen LogP contribution in [0.4, 0.5) is 17.1 Å². The molecule has 2 heteroatoms. The predicted octanol–water partition coefficient (Wildman–Crippen LogP) is 13.2. The van der Waals surface area contributed by atoms with Crippen LogP contribution in [0.3, 0.4) is 0 Å². The minimum absolute atomic E-state index is 1.12. The Kier molecular flexibility index (Phi) is 6.40. The molecule has 0 saturated carbocycles.